The van der Waals surface area contributed by atoms with Gasteiger partial charge in [0.15, 0.2) is 6.10 Å². The lowest BCUT2D eigenvalue weighted by Crippen LogP contribution is -2.37. The van der Waals surface area contributed by atoms with Gasteiger partial charge in [0.1, 0.15) is 0 Å². The lowest BCUT2D eigenvalue weighted by atomic mass is 10.2. The van der Waals surface area contributed by atoms with Crippen LogP contribution in [-0.4, -0.2) is 47.4 Å². The maximum Gasteiger partial charge on any atom is 0.332 e. The number of rotatable bonds is 6. The zero-order valence-corrected chi connectivity index (χ0v) is 11.0. The molecule has 0 spiro atoms. The van der Waals surface area contributed by atoms with Gasteiger partial charge >= 0.3 is 5.97 Å². The van der Waals surface area contributed by atoms with Gasteiger partial charge in [0.2, 0.25) is 0 Å². The lowest BCUT2D eigenvalue weighted by Gasteiger charge is -2.23. The molecule has 1 saturated heterocycles. The summed E-state index contributed by atoms with van der Waals surface area (Å²) in [6.07, 6.45) is 3.02. The van der Waals surface area contributed by atoms with Crippen molar-refractivity contribution in [3.05, 3.63) is 0 Å². The fraction of sp³-hybridized carbons (Fsp3) is 0.909. The summed E-state index contributed by atoms with van der Waals surface area (Å²) >= 11 is 1.82. The number of carbonyl (C=O) groups is 1. The van der Waals surface area contributed by atoms with E-state index in [4.69, 9.17) is 9.84 Å². The van der Waals surface area contributed by atoms with Crippen molar-refractivity contribution in [2.45, 2.75) is 43.6 Å². The number of nitrogens with one attached hydrogen (secondary N) is 1. The average Bonchev–Trinajstić information content (AvgIpc) is 2.66. The molecule has 0 aliphatic carbocycles. The second kappa shape index (κ2) is 5.89. The van der Waals surface area contributed by atoms with Crippen molar-refractivity contribution in [2.24, 2.45) is 0 Å². The highest BCUT2D eigenvalue weighted by molar-refractivity contribution is 7.99. The largest absolute Gasteiger partial charge is 0.479 e. The van der Waals surface area contributed by atoms with Crippen LogP contribution in [0.2, 0.25) is 0 Å². The number of ether oxygens (including phenoxy) is 1. The summed E-state index contributed by atoms with van der Waals surface area (Å²) in [6, 6.07) is 0. The van der Waals surface area contributed by atoms with Crippen LogP contribution in [0.1, 0.15) is 26.7 Å². The lowest BCUT2D eigenvalue weighted by molar-refractivity contribution is -0.149. The van der Waals surface area contributed by atoms with E-state index in [1.165, 1.54) is 0 Å². The van der Waals surface area contributed by atoms with Crippen molar-refractivity contribution in [3.8, 4) is 0 Å². The molecule has 2 atom stereocenters. The van der Waals surface area contributed by atoms with Crippen LogP contribution in [0.5, 0.6) is 0 Å². The molecule has 1 aliphatic rings. The first-order valence-electron chi connectivity index (χ1n) is 5.59. The molecule has 94 valence electrons. The van der Waals surface area contributed by atoms with Crippen LogP contribution in [0.25, 0.3) is 0 Å². The van der Waals surface area contributed by atoms with Gasteiger partial charge in [-0.15, -0.1) is 0 Å². The third kappa shape index (κ3) is 4.31. The smallest absolute Gasteiger partial charge is 0.332 e. The summed E-state index contributed by atoms with van der Waals surface area (Å²) in [5.41, 5.74) is 0. The Bertz CT molecular complexity index is 245. The molecule has 0 aromatic rings. The summed E-state index contributed by atoms with van der Waals surface area (Å²) in [7, 11) is 0. The number of carboxylic acids is 1. The molecule has 1 rings (SSSR count). The molecule has 0 radical (unpaired) electrons. The van der Waals surface area contributed by atoms with Crippen molar-refractivity contribution in [3.63, 3.8) is 0 Å². The minimum atomic E-state index is -0.841. The minimum Gasteiger partial charge on any atom is -0.479 e. The minimum absolute atomic E-state index is 0.0544. The maximum absolute atomic E-state index is 10.7. The van der Waals surface area contributed by atoms with E-state index in [2.05, 4.69) is 25.4 Å². The first-order chi connectivity index (χ1) is 7.44. The highest BCUT2D eigenvalue weighted by Gasteiger charge is 2.30. The topological polar surface area (TPSA) is 58.6 Å². The second-order valence-corrected chi connectivity index (χ2v) is 6.27. The molecule has 1 fully saturated rings. The Balaban J connectivity index is 2.18. The number of thioether (sulfide) groups is 1. The molecule has 0 saturated carbocycles. The van der Waals surface area contributed by atoms with E-state index in [0.717, 1.165) is 19.5 Å². The van der Waals surface area contributed by atoms with Crippen LogP contribution < -0.4 is 5.32 Å². The first-order valence-corrected chi connectivity index (χ1v) is 6.81. The number of aliphatic carboxylic acids is 1. The van der Waals surface area contributed by atoms with Crippen molar-refractivity contribution < 1.29 is 14.6 Å². The second-order valence-electron chi connectivity index (χ2n) is 4.76. The summed E-state index contributed by atoms with van der Waals surface area (Å²) in [4.78, 5) is 10.7. The van der Waals surface area contributed by atoms with E-state index in [9.17, 15) is 4.79 Å². The third-order valence-electron chi connectivity index (χ3n) is 2.86. The van der Waals surface area contributed by atoms with Crippen LogP contribution in [0.3, 0.4) is 0 Å². The van der Waals surface area contributed by atoms with E-state index in [-0.39, 0.29) is 10.9 Å². The molecule has 0 amide bonds. The molecular weight excluding hydrogens is 226 g/mol. The van der Waals surface area contributed by atoms with Gasteiger partial charge in [0.05, 0.1) is 6.10 Å². The predicted molar refractivity (Wildman–Crippen MR) is 66.0 cm³/mol. The van der Waals surface area contributed by atoms with Crippen LogP contribution >= 0.6 is 11.8 Å². The van der Waals surface area contributed by atoms with Gasteiger partial charge in [-0.1, -0.05) is 0 Å². The predicted octanol–water partition coefficient (Wildman–Crippen LogP) is 1.35. The average molecular weight is 247 g/mol. The third-order valence-corrected chi connectivity index (χ3v) is 4.11. The van der Waals surface area contributed by atoms with Gasteiger partial charge in [-0.3, -0.25) is 0 Å². The monoisotopic (exact) mass is 247 g/mol. The molecular formula is C11H21NO3S. The molecule has 4 nitrogen and oxygen atoms in total. The van der Waals surface area contributed by atoms with E-state index in [1.807, 2.05) is 11.8 Å². The summed E-state index contributed by atoms with van der Waals surface area (Å²) in [5.74, 6) is -0.841. The molecule has 2 unspecified atom stereocenters. The molecule has 0 bridgehead atoms. The Kier molecular flexibility index (Phi) is 5.08. The van der Waals surface area contributed by atoms with Gasteiger partial charge in [-0.25, -0.2) is 4.79 Å². The molecule has 5 heteroatoms. The fourth-order valence-corrected chi connectivity index (χ4v) is 1.89. The van der Waals surface area contributed by atoms with Crippen LogP contribution in [0, 0.1) is 0 Å². The Morgan fingerprint density at radius 1 is 1.56 bits per heavy atom. The van der Waals surface area contributed by atoms with Crippen molar-refractivity contribution in [1.29, 1.82) is 0 Å². The highest BCUT2D eigenvalue weighted by Crippen LogP contribution is 2.21. The fourth-order valence-electron chi connectivity index (χ4n) is 1.64. The summed E-state index contributed by atoms with van der Waals surface area (Å²) in [5, 5.41) is 12.1. The van der Waals surface area contributed by atoms with E-state index < -0.39 is 12.1 Å². The molecule has 16 heavy (non-hydrogen) atoms. The molecule has 0 aromatic carbocycles. The van der Waals surface area contributed by atoms with Crippen molar-refractivity contribution >= 4 is 17.7 Å². The number of hydrogen-bond acceptors (Lipinski definition) is 4. The summed E-state index contributed by atoms with van der Waals surface area (Å²) < 4.78 is 5.62. The molecule has 0 aromatic heterocycles. The summed E-state index contributed by atoms with van der Waals surface area (Å²) in [6.45, 7) is 6.01. The quantitative estimate of drug-likeness (QED) is 0.742. The zero-order valence-electron chi connectivity index (χ0n) is 10.2. The normalized spacial score (nSPS) is 25.9. The maximum atomic E-state index is 10.7. The van der Waals surface area contributed by atoms with Crippen LogP contribution in [0.4, 0.5) is 0 Å². The van der Waals surface area contributed by atoms with E-state index in [1.54, 1.807) is 0 Å². The van der Waals surface area contributed by atoms with Gasteiger partial charge in [-0.2, -0.15) is 11.8 Å². The van der Waals surface area contributed by atoms with Crippen LogP contribution in [-0.2, 0) is 9.53 Å². The van der Waals surface area contributed by atoms with Crippen molar-refractivity contribution in [2.75, 3.05) is 19.3 Å². The molecule has 1 aliphatic heterocycles. The van der Waals surface area contributed by atoms with Crippen LogP contribution in [0.15, 0.2) is 0 Å². The Labute approximate surface area is 101 Å². The Morgan fingerprint density at radius 3 is 2.75 bits per heavy atom. The van der Waals surface area contributed by atoms with Crippen molar-refractivity contribution in [1.82, 2.24) is 5.32 Å². The van der Waals surface area contributed by atoms with E-state index >= 15 is 0 Å². The highest BCUT2D eigenvalue weighted by atomic mass is 32.2. The first kappa shape index (κ1) is 13.8. The number of hydrogen-bond donors (Lipinski definition) is 2. The molecule has 1 heterocycles. The Hall–Kier alpha value is -0.260. The van der Waals surface area contributed by atoms with E-state index in [0.29, 0.717) is 6.42 Å². The zero-order chi connectivity index (χ0) is 12.2. The SMILES string of the molecule is CSC(C)(C)CNCC1CCC(C(=O)O)O1. The van der Waals surface area contributed by atoms with Gasteiger partial charge in [-0.05, 0) is 32.9 Å². The standard InChI is InChI=1S/C11H21NO3S/c1-11(2,16-3)7-12-6-8-4-5-9(15-8)10(13)14/h8-9,12H,4-7H2,1-3H3,(H,13,14). The molecule has 2 N–H and O–H groups in total. The van der Waals surface area contributed by atoms with Gasteiger partial charge in [0.25, 0.3) is 0 Å². The Morgan fingerprint density at radius 2 is 2.25 bits per heavy atom. The van der Waals surface area contributed by atoms with Gasteiger partial charge in [0, 0.05) is 17.8 Å². The number of carboxylic acid groups (broad SMARTS) is 1. The van der Waals surface area contributed by atoms with Gasteiger partial charge < -0.3 is 15.2 Å².